The number of hydrogen-bond acceptors (Lipinski definition) is 6. The molecule has 0 aliphatic heterocycles. The quantitative estimate of drug-likeness (QED) is 0.336. The van der Waals surface area contributed by atoms with E-state index in [1.165, 1.54) is 26.4 Å². The monoisotopic (exact) mass is 269 g/mol. The van der Waals surface area contributed by atoms with E-state index in [4.69, 9.17) is 15.2 Å². The fraction of sp³-hybridized carbons (Fsp3) is 0.364. The van der Waals surface area contributed by atoms with Gasteiger partial charge in [0.1, 0.15) is 5.69 Å². The maximum atomic E-state index is 11.8. The molecule has 0 atom stereocenters. The van der Waals surface area contributed by atoms with Crippen LogP contribution in [0.3, 0.4) is 0 Å². The topological polar surface area (TPSA) is 117 Å². The zero-order valence-corrected chi connectivity index (χ0v) is 10.6. The molecule has 1 aromatic rings. The lowest BCUT2D eigenvalue weighted by Gasteiger charge is -2.14. The molecule has 0 aromatic heterocycles. The maximum Gasteiger partial charge on any atom is 0.292 e. The molecule has 3 N–H and O–H groups in total. The highest BCUT2D eigenvalue weighted by atomic mass is 16.7. The normalized spacial score (nSPS) is 10.5. The number of nitro groups is 1. The Bertz CT molecular complexity index is 473. The summed E-state index contributed by atoms with van der Waals surface area (Å²) in [5.41, 5.74) is 5.29. The van der Waals surface area contributed by atoms with Crippen molar-refractivity contribution in [3.8, 4) is 0 Å². The first-order chi connectivity index (χ1) is 8.99. The number of amides is 1. The molecule has 104 valence electrons. The van der Waals surface area contributed by atoms with Gasteiger partial charge in [0.05, 0.1) is 11.5 Å². The average molecular weight is 269 g/mol. The number of carbonyl (C=O) groups excluding carboxylic acids is 1. The Morgan fingerprint density at radius 2 is 2.11 bits per heavy atom. The van der Waals surface area contributed by atoms with Crippen molar-refractivity contribution in [2.45, 2.75) is 6.29 Å². The van der Waals surface area contributed by atoms with E-state index in [1.54, 1.807) is 0 Å². The third kappa shape index (κ3) is 3.90. The molecular formula is C11H15N3O5. The molecule has 0 saturated heterocycles. The van der Waals surface area contributed by atoms with Crippen molar-refractivity contribution in [1.29, 1.82) is 0 Å². The number of ether oxygens (including phenoxy) is 2. The summed E-state index contributed by atoms with van der Waals surface area (Å²) in [6.45, 7) is 0.129. The van der Waals surface area contributed by atoms with Crippen LogP contribution in [0.1, 0.15) is 10.4 Å². The smallest absolute Gasteiger partial charge is 0.292 e. The third-order valence-corrected chi connectivity index (χ3v) is 2.44. The first-order valence-corrected chi connectivity index (χ1v) is 5.37. The third-order valence-electron chi connectivity index (χ3n) is 2.44. The van der Waals surface area contributed by atoms with Gasteiger partial charge in [-0.2, -0.15) is 0 Å². The lowest BCUT2D eigenvalue weighted by Crippen LogP contribution is -2.34. The van der Waals surface area contributed by atoms with Gasteiger partial charge in [-0.05, 0) is 12.1 Å². The van der Waals surface area contributed by atoms with E-state index in [9.17, 15) is 14.9 Å². The molecule has 0 unspecified atom stereocenters. The minimum absolute atomic E-state index is 0.00760. The van der Waals surface area contributed by atoms with Gasteiger partial charge in [0.15, 0.2) is 6.29 Å². The first-order valence-electron chi connectivity index (χ1n) is 5.37. The maximum absolute atomic E-state index is 11.8. The predicted octanol–water partition coefficient (Wildman–Crippen LogP) is 0.526. The number of nitrogens with one attached hydrogen (secondary N) is 1. The molecule has 0 bridgehead atoms. The summed E-state index contributed by atoms with van der Waals surface area (Å²) in [6, 6.07) is 3.85. The molecular weight excluding hydrogens is 254 g/mol. The summed E-state index contributed by atoms with van der Waals surface area (Å²) < 4.78 is 9.80. The Balaban J connectivity index is 2.77. The van der Waals surface area contributed by atoms with Crippen LogP contribution in [0, 0.1) is 10.1 Å². The number of anilines is 1. The zero-order chi connectivity index (χ0) is 14.4. The number of methoxy groups -OCH3 is 2. The van der Waals surface area contributed by atoms with E-state index in [0.717, 1.165) is 6.07 Å². The van der Waals surface area contributed by atoms with Gasteiger partial charge < -0.3 is 20.5 Å². The van der Waals surface area contributed by atoms with Crippen molar-refractivity contribution in [3.63, 3.8) is 0 Å². The zero-order valence-electron chi connectivity index (χ0n) is 10.6. The standard InChI is InChI=1S/C11H15N3O5/c1-18-10(19-2)6-13-11(15)7-3-4-8(12)9(5-7)14(16)17/h3-5,10H,6,12H2,1-2H3,(H,13,15). The van der Waals surface area contributed by atoms with Crippen LogP contribution in [0.4, 0.5) is 11.4 Å². The Morgan fingerprint density at radius 1 is 1.47 bits per heavy atom. The van der Waals surface area contributed by atoms with Gasteiger partial charge in [-0.25, -0.2) is 0 Å². The number of carbonyl (C=O) groups is 1. The average Bonchev–Trinajstić information content (AvgIpc) is 2.39. The minimum Gasteiger partial charge on any atom is -0.393 e. The van der Waals surface area contributed by atoms with Crippen LogP contribution in [-0.2, 0) is 9.47 Å². The van der Waals surface area contributed by atoms with E-state index in [-0.39, 0.29) is 23.5 Å². The van der Waals surface area contributed by atoms with Crippen LogP contribution in [0.25, 0.3) is 0 Å². The van der Waals surface area contributed by atoms with Gasteiger partial charge in [0.2, 0.25) is 0 Å². The van der Waals surface area contributed by atoms with Gasteiger partial charge in [0, 0.05) is 25.8 Å². The van der Waals surface area contributed by atoms with Gasteiger partial charge in [-0.1, -0.05) is 0 Å². The second-order valence-electron chi connectivity index (χ2n) is 3.64. The highest BCUT2D eigenvalue weighted by molar-refractivity contribution is 5.95. The van der Waals surface area contributed by atoms with Gasteiger partial charge in [-0.3, -0.25) is 14.9 Å². The summed E-state index contributed by atoms with van der Waals surface area (Å²) in [4.78, 5) is 21.9. The Kier molecular flexibility index (Phi) is 5.22. The van der Waals surface area contributed by atoms with Crippen LogP contribution < -0.4 is 11.1 Å². The van der Waals surface area contributed by atoms with E-state index in [1.807, 2.05) is 0 Å². The number of nitrogens with zero attached hydrogens (tertiary/aromatic N) is 1. The first kappa shape index (κ1) is 14.9. The van der Waals surface area contributed by atoms with E-state index in [2.05, 4.69) is 5.32 Å². The lowest BCUT2D eigenvalue weighted by molar-refractivity contribution is -0.383. The summed E-state index contributed by atoms with van der Waals surface area (Å²) in [6.07, 6.45) is -0.576. The van der Waals surface area contributed by atoms with E-state index < -0.39 is 17.1 Å². The van der Waals surface area contributed by atoms with Crippen LogP contribution in [0.5, 0.6) is 0 Å². The van der Waals surface area contributed by atoms with Crippen LogP contribution in [0.2, 0.25) is 0 Å². The molecule has 0 aliphatic carbocycles. The molecule has 1 amide bonds. The van der Waals surface area contributed by atoms with Crippen LogP contribution >= 0.6 is 0 Å². The number of nitrogens with two attached hydrogens (primary N) is 1. The summed E-state index contributed by atoms with van der Waals surface area (Å²) >= 11 is 0. The molecule has 1 rings (SSSR count). The second kappa shape index (κ2) is 6.66. The predicted molar refractivity (Wildman–Crippen MR) is 67.6 cm³/mol. The lowest BCUT2D eigenvalue weighted by atomic mass is 10.1. The van der Waals surface area contributed by atoms with Crippen LogP contribution in [-0.4, -0.2) is 37.9 Å². The number of nitrogen functional groups attached to an aromatic ring is 1. The van der Waals surface area contributed by atoms with Crippen molar-refractivity contribution in [2.75, 3.05) is 26.5 Å². The van der Waals surface area contributed by atoms with Gasteiger partial charge in [-0.15, -0.1) is 0 Å². The Morgan fingerprint density at radius 3 is 2.63 bits per heavy atom. The fourth-order valence-electron chi connectivity index (χ4n) is 1.38. The van der Waals surface area contributed by atoms with Crippen molar-refractivity contribution >= 4 is 17.3 Å². The molecule has 0 fully saturated rings. The number of rotatable bonds is 6. The fourth-order valence-corrected chi connectivity index (χ4v) is 1.38. The molecule has 8 heteroatoms. The second-order valence-corrected chi connectivity index (χ2v) is 3.64. The molecule has 0 saturated carbocycles. The number of nitro benzene ring substituents is 1. The number of hydrogen-bond donors (Lipinski definition) is 2. The largest absolute Gasteiger partial charge is 0.393 e. The Hall–Kier alpha value is -2.19. The summed E-state index contributed by atoms with van der Waals surface area (Å²) in [5.74, 6) is -0.470. The molecule has 0 spiro atoms. The Labute approximate surface area is 109 Å². The molecule has 1 aromatic carbocycles. The summed E-state index contributed by atoms with van der Waals surface area (Å²) in [5, 5.41) is 13.2. The summed E-state index contributed by atoms with van der Waals surface area (Å²) in [7, 11) is 2.88. The molecule has 19 heavy (non-hydrogen) atoms. The van der Waals surface area contributed by atoms with Crippen molar-refractivity contribution in [1.82, 2.24) is 5.32 Å². The number of benzene rings is 1. The molecule has 0 heterocycles. The van der Waals surface area contributed by atoms with E-state index >= 15 is 0 Å². The van der Waals surface area contributed by atoms with Crippen LogP contribution in [0.15, 0.2) is 18.2 Å². The molecule has 8 nitrogen and oxygen atoms in total. The SMILES string of the molecule is COC(CNC(=O)c1ccc(N)c([N+](=O)[O-])c1)OC. The molecule has 0 radical (unpaired) electrons. The van der Waals surface area contributed by atoms with Crippen molar-refractivity contribution in [3.05, 3.63) is 33.9 Å². The van der Waals surface area contributed by atoms with Gasteiger partial charge >= 0.3 is 0 Å². The highest BCUT2D eigenvalue weighted by Gasteiger charge is 2.16. The van der Waals surface area contributed by atoms with Crippen molar-refractivity contribution in [2.24, 2.45) is 0 Å². The molecule has 0 aliphatic rings. The van der Waals surface area contributed by atoms with Gasteiger partial charge in [0.25, 0.3) is 11.6 Å². The highest BCUT2D eigenvalue weighted by Crippen LogP contribution is 2.22. The van der Waals surface area contributed by atoms with Crippen molar-refractivity contribution < 1.29 is 19.2 Å². The minimum atomic E-state index is -0.640. The van der Waals surface area contributed by atoms with E-state index in [0.29, 0.717) is 0 Å².